The number of amidine groups is 1. The van der Waals surface area contributed by atoms with Gasteiger partial charge in [-0.25, -0.2) is 9.40 Å². The molecule has 0 bridgehead atoms. The maximum absolute atomic E-state index is 13.4. The molecular formula is C23H16ClF4N3O2S. The van der Waals surface area contributed by atoms with Gasteiger partial charge in [0.1, 0.15) is 5.82 Å². The first-order chi connectivity index (χ1) is 16.0. The van der Waals surface area contributed by atoms with Gasteiger partial charge in [0.2, 0.25) is 5.29 Å². The summed E-state index contributed by atoms with van der Waals surface area (Å²) in [6, 6.07) is 17.9. The molecule has 1 unspecified atom stereocenters. The zero-order valence-corrected chi connectivity index (χ0v) is 18.8. The highest BCUT2D eigenvalue weighted by atomic mass is 35.5. The van der Waals surface area contributed by atoms with Crippen LogP contribution in [0.2, 0.25) is 0 Å². The van der Waals surface area contributed by atoms with Gasteiger partial charge in [-0.1, -0.05) is 42.5 Å². The Labute approximate surface area is 198 Å². The molecule has 0 saturated heterocycles. The third-order valence-corrected chi connectivity index (χ3v) is 6.80. The topological polar surface area (TPSA) is 62.1 Å². The molecule has 4 rings (SSSR count). The van der Waals surface area contributed by atoms with Crippen LogP contribution in [0.15, 0.2) is 93.3 Å². The second-order valence-corrected chi connectivity index (χ2v) is 9.34. The normalized spacial score (nSPS) is 17.1. The van der Waals surface area contributed by atoms with Crippen LogP contribution in [0.5, 0.6) is 0 Å². The van der Waals surface area contributed by atoms with Gasteiger partial charge in [-0.05, 0) is 59.1 Å². The SMILES string of the molecule is O=S(=O)(N=C(Cl)N1CC(c2ccccc2)C(c2ccc(F)cc2)=N1)c1ccc(C(F)(F)F)cc1. The van der Waals surface area contributed by atoms with E-state index in [4.69, 9.17) is 11.6 Å². The molecule has 3 aromatic carbocycles. The molecule has 11 heteroatoms. The van der Waals surface area contributed by atoms with Gasteiger partial charge < -0.3 is 0 Å². The van der Waals surface area contributed by atoms with Crippen molar-refractivity contribution in [2.24, 2.45) is 9.50 Å². The predicted octanol–water partition coefficient (Wildman–Crippen LogP) is 5.63. The van der Waals surface area contributed by atoms with E-state index in [9.17, 15) is 26.0 Å². The van der Waals surface area contributed by atoms with E-state index in [2.05, 4.69) is 9.50 Å². The van der Waals surface area contributed by atoms with Crippen molar-refractivity contribution in [1.82, 2.24) is 5.01 Å². The van der Waals surface area contributed by atoms with Crippen LogP contribution in [0, 0.1) is 5.82 Å². The number of hydrogen-bond donors (Lipinski definition) is 0. The van der Waals surface area contributed by atoms with E-state index in [0.29, 0.717) is 23.4 Å². The first-order valence-electron chi connectivity index (χ1n) is 9.89. The fourth-order valence-corrected chi connectivity index (χ4v) is 4.72. The number of rotatable bonds is 4. The number of benzene rings is 3. The third-order valence-electron chi connectivity index (χ3n) is 5.14. The summed E-state index contributed by atoms with van der Waals surface area (Å²) in [6.07, 6.45) is -4.60. The van der Waals surface area contributed by atoms with Gasteiger partial charge in [0, 0.05) is 5.92 Å². The largest absolute Gasteiger partial charge is 0.416 e. The average molecular weight is 510 g/mol. The predicted molar refractivity (Wildman–Crippen MR) is 121 cm³/mol. The molecule has 0 spiro atoms. The van der Waals surface area contributed by atoms with Crippen molar-refractivity contribution in [2.75, 3.05) is 6.54 Å². The summed E-state index contributed by atoms with van der Waals surface area (Å²) < 4.78 is 80.5. The van der Waals surface area contributed by atoms with Crippen molar-refractivity contribution in [3.63, 3.8) is 0 Å². The van der Waals surface area contributed by atoms with Crippen molar-refractivity contribution in [3.05, 3.63) is 101 Å². The zero-order chi connectivity index (χ0) is 24.5. The molecule has 0 aromatic heterocycles. The van der Waals surface area contributed by atoms with Crippen molar-refractivity contribution >= 4 is 32.6 Å². The van der Waals surface area contributed by atoms with Gasteiger partial charge in [-0.15, -0.1) is 4.40 Å². The van der Waals surface area contributed by atoms with Crippen LogP contribution in [0.3, 0.4) is 0 Å². The van der Waals surface area contributed by atoms with E-state index in [1.54, 1.807) is 12.1 Å². The molecule has 5 nitrogen and oxygen atoms in total. The number of nitrogens with zero attached hydrogens (tertiary/aromatic N) is 3. The molecule has 0 saturated carbocycles. The standard InChI is InChI=1S/C23H16ClF4N3O2S/c24-22(30-34(32,33)19-12-8-17(9-13-19)23(26,27)28)31-14-20(15-4-2-1-3-5-15)21(29-31)16-6-10-18(25)11-7-16/h1-13,20H,14H2. The lowest BCUT2D eigenvalue weighted by atomic mass is 9.91. The van der Waals surface area contributed by atoms with E-state index < -0.39 is 37.8 Å². The van der Waals surface area contributed by atoms with Crippen LogP contribution in [-0.2, 0) is 16.2 Å². The highest BCUT2D eigenvalue weighted by Gasteiger charge is 2.33. The molecule has 1 aliphatic heterocycles. The minimum absolute atomic E-state index is 0.154. The molecule has 0 fully saturated rings. The molecule has 1 aliphatic rings. The highest BCUT2D eigenvalue weighted by molar-refractivity contribution is 7.90. The van der Waals surface area contributed by atoms with Crippen LogP contribution in [0.4, 0.5) is 17.6 Å². The first kappa shape index (κ1) is 23.9. The zero-order valence-electron chi connectivity index (χ0n) is 17.2. The number of halogens is 5. The Morgan fingerprint density at radius 1 is 0.971 bits per heavy atom. The quantitative estimate of drug-likeness (QED) is 0.198. The van der Waals surface area contributed by atoms with Crippen molar-refractivity contribution in [1.29, 1.82) is 0 Å². The molecule has 34 heavy (non-hydrogen) atoms. The van der Waals surface area contributed by atoms with Crippen LogP contribution < -0.4 is 0 Å². The summed E-state index contributed by atoms with van der Waals surface area (Å²) >= 11 is 6.21. The highest BCUT2D eigenvalue weighted by Crippen LogP contribution is 2.31. The Hall–Kier alpha value is -3.24. The summed E-state index contributed by atoms with van der Waals surface area (Å²) in [5, 5.41) is 5.14. The Bertz CT molecular complexity index is 1340. The average Bonchev–Trinajstić information content (AvgIpc) is 3.25. The van der Waals surface area contributed by atoms with Gasteiger partial charge in [-0.2, -0.15) is 26.7 Å². The van der Waals surface area contributed by atoms with E-state index in [0.717, 1.165) is 17.7 Å². The second-order valence-electron chi connectivity index (χ2n) is 7.40. The fraction of sp³-hybridized carbons (Fsp3) is 0.130. The van der Waals surface area contributed by atoms with E-state index in [-0.39, 0.29) is 12.5 Å². The summed E-state index contributed by atoms with van der Waals surface area (Å²) in [6.45, 7) is 0.154. The molecular weight excluding hydrogens is 494 g/mol. The summed E-state index contributed by atoms with van der Waals surface area (Å²) in [5.74, 6) is -0.734. The van der Waals surface area contributed by atoms with Crippen LogP contribution >= 0.6 is 11.6 Å². The maximum Gasteiger partial charge on any atom is 0.416 e. The van der Waals surface area contributed by atoms with Gasteiger partial charge in [-0.3, -0.25) is 0 Å². The second kappa shape index (κ2) is 9.19. The molecule has 1 heterocycles. The van der Waals surface area contributed by atoms with Crippen LogP contribution in [-0.4, -0.2) is 31.0 Å². The van der Waals surface area contributed by atoms with Gasteiger partial charge in [0.05, 0.1) is 22.7 Å². The first-order valence-corrected chi connectivity index (χ1v) is 11.7. The molecule has 3 aromatic rings. The van der Waals surface area contributed by atoms with Crippen molar-refractivity contribution < 1.29 is 26.0 Å². The molecule has 0 amide bonds. The van der Waals surface area contributed by atoms with Gasteiger partial charge >= 0.3 is 6.18 Å². The third kappa shape index (κ3) is 5.13. The molecule has 0 N–H and O–H groups in total. The number of sulfonamides is 1. The Balaban J connectivity index is 1.66. The van der Waals surface area contributed by atoms with E-state index in [1.165, 1.54) is 17.1 Å². The Kier molecular flexibility index (Phi) is 6.46. The summed E-state index contributed by atoms with van der Waals surface area (Å²) in [7, 11) is -4.40. The van der Waals surface area contributed by atoms with Crippen molar-refractivity contribution in [3.8, 4) is 0 Å². The van der Waals surface area contributed by atoms with Crippen LogP contribution in [0.25, 0.3) is 0 Å². The van der Waals surface area contributed by atoms with Gasteiger partial charge in [0.15, 0.2) is 0 Å². The summed E-state index contributed by atoms with van der Waals surface area (Å²) in [5.41, 5.74) is 1.04. The lowest BCUT2D eigenvalue weighted by molar-refractivity contribution is -0.137. The van der Waals surface area contributed by atoms with E-state index in [1.807, 2.05) is 30.3 Å². The lowest BCUT2D eigenvalue weighted by Crippen LogP contribution is -2.23. The Morgan fingerprint density at radius 2 is 1.59 bits per heavy atom. The fourth-order valence-electron chi connectivity index (χ4n) is 3.46. The van der Waals surface area contributed by atoms with Crippen LogP contribution in [0.1, 0.15) is 22.6 Å². The number of hydrazone groups is 1. The molecule has 1 atom stereocenters. The number of hydrogen-bond acceptors (Lipinski definition) is 3. The minimum atomic E-state index is -4.60. The lowest BCUT2D eigenvalue weighted by Gasteiger charge is -2.15. The number of alkyl halides is 3. The molecule has 176 valence electrons. The van der Waals surface area contributed by atoms with E-state index >= 15 is 0 Å². The molecule has 0 radical (unpaired) electrons. The monoisotopic (exact) mass is 509 g/mol. The summed E-state index contributed by atoms with van der Waals surface area (Å²) in [4.78, 5) is -0.444. The molecule has 0 aliphatic carbocycles. The van der Waals surface area contributed by atoms with Crippen molar-refractivity contribution in [2.45, 2.75) is 17.0 Å². The maximum atomic E-state index is 13.4. The minimum Gasteiger partial charge on any atom is -0.236 e. The van der Waals surface area contributed by atoms with Gasteiger partial charge in [0.25, 0.3) is 10.0 Å². The smallest absolute Gasteiger partial charge is 0.236 e. The Morgan fingerprint density at radius 3 is 2.18 bits per heavy atom.